The van der Waals surface area contributed by atoms with Gasteiger partial charge in [0.05, 0.1) is 17.0 Å². The zero-order chi connectivity index (χ0) is 17.4. The minimum absolute atomic E-state index is 0.445. The highest BCUT2D eigenvalue weighted by Gasteiger charge is 2.14. The second kappa shape index (κ2) is 6.21. The third-order valence-corrected chi connectivity index (χ3v) is 4.37. The molecule has 4 nitrogen and oxygen atoms in total. The first-order valence-electron chi connectivity index (χ1n) is 7.46. The predicted octanol–water partition coefficient (Wildman–Crippen LogP) is 5.24. The second-order valence-corrected chi connectivity index (χ2v) is 6.32. The Labute approximate surface area is 153 Å². The highest BCUT2D eigenvalue weighted by molar-refractivity contribution is 6.30. The van der Waals surface area contributed by atoms with Gasteiger partial charge in [0, 0.05) is 33.4 Å². The van der Waals surface area contributed by atoms with Crippen LogP contribution in [0, 0.1) is 11.3 Å². The highest BCUT2D eigenvalue weighted by Crippen LogP contribution is 2.28. The summed E-state index contributed by atoms with van der Waals surface area (Å²) in [4.78, 5) is 4.35. The van der Waals surface area contributed by atoms with Gasteiger partial charge in [-0.15, -0.1) is 0 Å². The van der Waals surface area contributed by atoms with Gasteiger partial charge in [-0.3, -0.25) is 0 Å². The third kappa shape index (κ3) is 2.85. The molecule has 0 bridgehead atoms. The standard InChI is InChI=1S/C19H10Cl2N4/c20-15-5-1-12(2-6-15)17-9-18-23-11-14(10-22)19(25(18)24-17)13-3-7-16(21)8-4-13/h1-9,11H. The molecule has 0 saturated heterocycles. The van der Waals surface area contributed by atoms with Crippen molar-refractivity contribution in [3.8, 4) is 28.6 Å². The summed E-state index contributed by atoms with van der Waals surface area (Å²) in [6.07, 6.45) is 1.56. The SMILES string of the molecule is N#Cc1cnc2cc(-c3ccc(Cl)cc3)nn2c1-c1ccc(Cl)cc1. The van der Waals surface area contributed by atoms with Crippen molar-refractivity contribution in [2.24, 2.45) is 0 Å². The Morgan fingerprint density at radius 1 is 0.880 bits per heavy atom. The quantitative estimate of drug-likeness (QED) is 0.488. The fourth-order valence-corrected chi connectivity index (χ4v) is 2.91. The summed E-state index contributed by atoms with van der Waals surface area (Å²) in [5.74, 6) is 0. The van der Waals surface area contributed by atoms with Crippen molar-refractivity contribution >= 4 is 28.8 Å². The Balaban J connectivity index is 1.96. The summed E-state index contributed by atoms with van der Waals surface area (Å²) in [5, 5.41) is 15.4. The van der Waals surface area contributed by atoms with Gasteiger partial charge in [-0.05, 0) is 24.3 Å². The van der Waals surface area contributed by atoms with E-state index in [1.54, 1.807) is 22.8 Å². The minimum atomic E-state index is 0.445. The minimum Gasteiger partial charge on any atom is -0.236 e. The van der Waals surface area contributed by atoms with Gasteiger partial charge in [0.2, 0.25) is 0 Å². The summed E-state index contributed by atoms with van der Waals surface area (Å²) in [6.45, 7) is 0. The first-order valence-corrected chi connectivity index (χ1v) is 8.22. The molecule has 4 rings (SSSR count). The van der Waals surface area contributed by atoms with Gasteiger partial charge in [-0.25, -0.2) is 9.50 Å². The molecular formula is C19H10Cl2N4. The van der Waals surface area contributed by atoms with Crippen LogP contribution in [0.15, 0.2) is 60.8 Å². The van der Waals surface area contributed by atoms with Crippen molar-refractivity contribution < 1.29 is 0 Å². The lowest BCUT2D eigenvalue weighted by molar-refractivity contribution is 0.947. The van der Waals surface area contributed by atoms with Gasteiger partial charge in [0.15, 0.2) is 5.65 Å². The summed E-state index contributed by atoms with van der Waals surface area (Å²) in [7, 11) is 0. The average Bonchev–Trinajstić information content (AvgIpc) is 3.06. The molecule has 0 unspecified atom stereocenters. The second-order valence-electron chi connectivity index (χ2n) is 5.45. The van der Waals surface area contributed by atoms with E-state index in [9.17, 15) is 5.26 Å². The Hall–Kier alpha value is -2.87. The molecule has 0 amide bonds. The van der Waals surface area contributed by atoms with E-state index in [1.807, 2.05) is 42.5 Å². The summed E-state index contributed by atoms with van der Waals surface area (Å²) in [6, 6.07) is 18.8. The number of rotatable bonds is 2. The normalized spacial score (nSPS) is 10.8. The molecule has 0 saturated carbocycles. The first-order chi connectivity index (χ1) is 12.2. The van der Waals surface area contributed by atoms with E-state index in [0.29, 0.717) is 26.9 Å². The van der Waals surface area contributed by atoms with Crippen molar-refractivity contribution in [1.82, 2.24) is 14.6 Å². The molecule has 4 aromatic rings. The molecule has 0 radical (unpaired) electrons. The van der Waals surface area contributed by atoms with Crippen LogP contribution in [0.4, 0.5) is 0 Å². The van der Waals surface area contributed by atoms with Crippen molar-refractivity contribution in [2.45, 2.75) is 0 Å². The Kier molecular flexibility index (Phi) is 3.89. The van der Waals surface area contributed by atoms with E-state index in [2.05, 4.69) is 16.2 Å². The van der Waals surface area contributed by atoms with Gasteiger partial charge in [0.25, 0.3) is 0 Å². The fraction of sp³-hybridized carbons (Fsp3) is 0. The van der Waals surface area contributed by atoms with Crippen LogP contribution in [0.25, 0.3) is 28.2 Å². The molecule has 0 aliphatic carbocycles. The molecule has 0 fully saturated rings. The number of nitrogens with zero attached hydrogens (tertiary/aromatic N) is 4. The number of benzene rings is 2. The monoisotopic (exact) mass is 364 g/mol. The van der Waals surface area contributed by atoms with Crippen LogP contribution >= 0.6 is 23.2 Å². The first kappa shape index (κ1) is 15.6. The Morgan fingerprint density at radius 3 is 2.08 bits per heavy atom. The molecule has 0 spiro atoms. The smallest absolute Gasteiger partial charge is 0.156 e. The van der Waals surface area contributed by atoms with Crippen LogP contribution in [0.3, 0.4) is 0 Å². The van der Waals surface area contributed by atoms with Crippen LogP contribution in [0.1, 0.15) is 5.56 Å². The number of aromatic nitrogens is 3. The maximum Gasteiger partial charge on any atom is 0.156 e. The van der Waals surface area contributed by atoms with Crippen molar-refractivity contribution in [3.05, 3.63) is 76.4 Å². The highest BCUT2D eigenvalue weighted by atomic mass is 35.5. The summed E-state index contributed by atoms with van der Waals surface area (Å²) >= 11 is 11.9. The topological polar surface area (TPSA) is 54.0 Å². The molecule has 2 aromatic carbocycles. The van der Waals surface area contributed by atoms with Crippen LogP contribution in [-0.2, 0) is 0 Å². The van der Waals surface area contributed by atoms with Crippen LogP contribution in [0.2, 0.25) is 10.0 Å². The molecule has 6 heteroatoms. The van der Waals surface area contributed by atoms with E-state index in [1.165, 1.54) is 0 Å². The largest absolute Gasteiger partial charge is 0.236 e. The van der Waals surface area contributed by atoms with Crippen molar-refractivity contribution in [2.75, 3.05) is 0 Å². The van der Waals surface area contributed by atoms with Gasteiger partial charge >= 0.3 is 0 Å². The molecule has 0 aliphatic rings. The van der Waals surface area contributed by atoms with E-state index < -0.39 is 0 Å². The molecule has 0 N–H and O–H groups in total. The third-order valence-electron chi connectivity index (χ3n) is 3.86. The summed E-state index contributed by atoms with van der Waals surface area (Å²) in [5.41, 5.74) is 4.32. The zero-order valence-electron chi connectivity index (χ0n) is 12.8. The fourth-order valence-electron chi connectivity index (χ4n) is 2.66. The Bertz CT molecular complexity index is 1110. The maximum atomic E-state index is 9.48. The average molecular weight is 365 g/mol. The van der Waals surface area contributed by atoms with Gasteiger partial charge in [-0.2, -0.15) is 10.4 Å². The molecule has 2 heterocycles. The van der Waals surface area contributed by atoms with E-state index in [4.69, 9.17) is 23.2 Å². The molecule has 0 atom stereocenters. The zero-order valence-corrected chi connectivity index (χ0v) is 14.3. The number of fused-ring (bicyclic) bond motifs is 1. The maximum absolute atomic E-state index is 9.48. The molecule has 2 aromatic heterocycles. The number of hydrogen-bond acceptors (Lipinski definition) is 3. The lowest BCUT2D eigenvalue weighted by Gasteiger charge is -2.07. The number of nitriles is 1. The molecule has 120 valence electrons. The van der Waals surface area contributed by atoms with Gasteiger partial charge in [-0.1, -0.05) is 47.5 Å². The van der Waals surface area contributed by atoms with Gasteiger partial charge in [0.1, 0.15) is 6.07 Å². The lowest BCUT2D eigenvalue weighted by Crippen LogP contribution is -1.99. The number of halogens is 2. The van der Waals surface area contributed by atoms with Crippen LogP contribution in [0.5, 0.6) is 0 Å². The van der Waals surface area contributed by atoms with Gasteiger partial charge < -0.3 is 0 Å². The predicted molar refractivity (Wildman–Crippen MR) is 98.6 cm³/mol. The van der Waals surface area contributed by atoms with E-state index in [0.717, 1.165) is 16.8 Å². The number of hydrogen-bond donors (Lipinski definition) is 0. The van der Waals surface area contributed by atoms with Crippen LogP contribution < -0.4 is 0 Å². The van der Waals surface area contributed by atoms with Crippen molar-refractivity contribution in [1.29, 1.82) is 5.26 Å². The lowest BCUT2D eigenvalue weighted by atomic mass is 10.1. The van der Waals surface area contributed by atoms with E-state index >= 15 is 0 Å². The van der Waals surface area contributed by atoms with Crippen molar-refractivity contribution in [3.63, 3.8) is 0 Å². The van der Waals surface area contributed by atoms with E-state index in [-0.39, 0.29) is 0 Å². The molecule has 25 heavy (non-hydrogen) atoms. The molecule has 0 aliphatic heterocycles. The molecular weight excluding hydrogens is 355 g/mol. The Morgan fingerprint density at radius 2 is 1.48 bits per heavy atom. The summed E-state index contributed by atoms with van der Waals surface area (Å²) < 4.78 is 1.69. The van der Waals surface area contributed by atoms with Crippen LogP contribution in [-0.4, -0.2) is 14.6 Å².